The molecule has 2 aromatic carbocycles. The van der Waals surface area contributed by atoms with Gasteiger partial charge < -0.3 is 19.7 Å². The Hall–Kier alpha value is -3.21. The molecule has 2 aliphatic heterocycles. The zero-order valence-corrected chi connectivity index (χ0v) is 15.8. The van der Waals surface area contributed by atoms with Crippen molar-refractivity contribution >= 4 is 17.5 Å². The van der Waals surface area contributed by atoms with Gasteiger partial charge in [0.2, 0.25) is 0 Å². The largest absolute Gasteiger partial charge is 0.481 e. The number of anilines is 1. The summed E-state index contributed by atoms with van der Waals surface area (Å²) in [5.74, 6) is -3.10. The Labute approximate surface area is 172 Å². The van der Waals surface area contributed by atoms with Crippen LogP contribution in [-0.2, 0) is 22.3 Å². The standard InChI is InChI=1S/C20H15F5N2O4/c21-14-5-17-16(26-18(28)9-31-17)4-12(14)19(29)27-6-11(7-27)30-8-10-1-2-13(15(22)3-10)20(23,24)25/h1-5,11H,6-9H2,(H,26,28). The van der Waals surface area contributed by atoms with Gasteiger partial charge in [0.05, 0.1) is 29.5 Å². The van der Waals surface area contributed by atoms with Gasteiger partial charge in [-0.15, -0.1) is 0 Å². The highest BCUT2D eigenvalue weighted by Crippen LogP contribution is 2.33. The summed E-state index contributed by atoms with van der Waals surface area (Å²) in [6.07, 6.45) is -5.21. The van der Waals surface area contributed by atoms with Crippen LogP contribution in [0.2, 0.25) is 0 Å². The number of amides is 2. The molecule has 11 heteroatoms. The maximum absolute atomic E-state index is 14.3. The van der Waals surface area contributed by atoms with Crippen LogP contribution in [0.5, 0.6) is 5.75 Å². The average molecular weight is 442 g/mol. The van der Waals surface area contributed by atoms with Crippen molar-refractivity contribution < 1.29 is 41.0 Å². The molecule has 0 atom stereocenters. The number of alkyl halides is 3. The van der Waals surface area contributed by atoms with Crippen molar-refractivity contribution in [1.29, 1.82) is 0 Å². The van der Waals surface area contributed by atoms with Crippen LogP contribution in [0, 0.1) is 11.6 Å². The van der Waals surface area contributed by atoms with Gasteiger partial charge in [0.25, 0.3) is 11.8 Å². The molecule has 0 aliphatic carbocycles. The number of benzene rings is 2. The molecule has 1 saturated heterocycles. The predicted molar refractivity (Wildman–Crippen MR) is 96.4 cm³/mol. The highest BCUT2D eigenvalue weighted by Gasteiger charge is 2.35. The van der Waals surface area contributed by atoms with Crippen molar-refractivity contribution in [3.63, 3.8) is 0 Å². The number of carbonyl (C=O) groups excluding carboxylic acids is 2. The number of rotatable bonds is 4. The minimum absolute atomic E-state index is 0.126. The highest BCUT2D eigenvalue weighted by molar-refractivity contribution is 6.00. The monoisotopic (exact) mass is 442 g/mol. The Morgan fingerprint density at radius 1 is 1.16 bits per heavy atom. The van der Waals surface area contributed by atoms with E-state index in [0.717, 1.165) is 18.2 Å². The first-order valence-corrected chi connectivity index (χ1v) is 9.14. The van der Waals surface area contributed by atoms with Gasteiger partial charge in [0, 0.05) is 19.2 Å². The second-order valence-electron chi connectivity index (χ2n) is 7.12. The minimum Gasteiger partial charge on any atom is -0.481 e. The third-order valence-electron chi connectivity index (χ3n) is 4.89. The predicted octanol–water partition coefficient (Wildman–Crippen LogP) is 3.36. The van der Waals surface area contributed by atoms with Crippen molar-refractivity contribution in [2.24, 2.45) is 0 Å². The number of fused-ring (bicyclic) bond motifs is 1. The van der Waals surface area contributed by atoms with Crippen LogP contribution < -0.4 is 10.1 Å². The summed E-state index contributed by atoms with van der Waals surface area (Å²) < 4.78 is 76.2. The second-order valence-corrected chi connectivity index (χ2v) is 7.12. The van der Waals surface area contributed by atoms with Gasteiger partial charge in [-0.05, 0) is 23.8 Å². The van der Waals surface area contributed by atoms with Crippen LogP contribution >= 0.6 is 0 Å². The SMILES string of the molecule is O=C1COc2cc(F)c(C(=O)N3CC(OCc4ccc(C(F)(F)F)c(F)c4)C3)cc2N1. The molecule has 0 spiro atoms. The molecule has 0 aromatic heterocycles. The van der Waals surface area contributed by atoms with Crippen LogP contribution in [0.25, 0.3) is 0 Å². The van der Waals surface area contributed by atoms with Gasteiger partial charge in [-0.25, -0.2) is 8.78 Å². The fourth-order valence-electron chi connectivity index (χ4n) is 3.24. The first-order chi connectivity index (χ1) is 14.6. The molecule has 6 nitrogen and oxygen atoms in total. The Kier molecular flexibility index (Phi) is 5.29. The lowest BCUT2D eigenvalue weighted by atomic mass is 10.1. The summed E-state index contributed by atoms with van der Waals surface area (Å²) in [5, 5.41) is 2.50. The Morgan fingerprint density at radius 3 is 2.58 bits per heavy atom. The van der Waals surface area contributed by atoms with Gasteiger partial charge in [-0.2, -0.15) is 13.2 Å². The van der Waals surface area contributed by atoms with E-state index in [1.54, 1.807) is 0 Å². The molecule has 2 heterocycles. The van der Waals surface area contributed by atoms with Crippen LogP contribution in [0.15, 0.2) is 30.3 Å². The van der Waals surface area contributed by atoms with Crippen molar-refractivity contribution in [1.82, 2.24) is 4.90 Å². The zero-order chi connectivity index (χ0) is 22.3. The molecular formula is C20H15F5N2O4. The average Bonchev–Trinajstić information content (AvgIpc) is 2.65. The quantitative estimate of drug-likeness (QED) is 0.738. The molecule has 2 amide bonds. The first kappa shape index (κ1) is 21.0. The van der Waals surface area contributed by atoms with E-state index in [1.807, 2.05) is 0 Å². The van der Waals surface area contributed by atoms with Crippen LogP contribution in [0.1, 0.15) is 21.5 Å². The fraction of sp³-hybridized carbons (Fsp3) is 0.300. The highest BCUT2D eigenvalue weighted by atomic mass is 19.4. The van der Waals surface area contributed by atoms with E-state index in [-0.39, 0.29) is 48.9 Å². The molecule has 2 aliphatic rings. The third kappa shape index (κ3) is 4.31. The molecule has 4 rings (SSSR count). The van der Waals surface area contributed by atoms with Crippen molar-refractivity contribution in [3.8, 4) is 5.75 Å². The van der Waals surface area contributed by atoms with E-state index in [2.05, 4.69) is 5.32 Å². The molecule has 164 valence electrons. The summed E-state index contributed by atoms with van der Waals surface area (Å²) in [4.78, 5) is 25.2. The van der Waals surface area contributed by atoms with E-state index in [1.165, 1.54) is 11.0 Å². The van der Waals surface area contributed by atoms with Crippen molar-refractivity contribution in [2.45, 2.75) is 18.9 Å². The Morgan fingerprint density at radius 2 is 1.90 bits per heavy atom. The molecule has 0 bridgehead atoms. The molecule has 0 saturated carbocycles. The number of halogens is 5. The van der Waals surface area contributed by atoms with Crippen LogP contribution in [-0.4, -0.2) is 42.5 Å². The lowest BCUT2D eigenvalue weighted by Gasteiger charge is -2.39. The van der Waals surface area contributed by atoms with Gasteiger partial charge in [0.15, 0.2) is 6.61 Å². The molecule has 1 fully saturated rings. The van der Waals surface area contributed by atoms with Crippen LogP contribution in [0.4, 0.5) is 27.6 Å². The number of hydrogen-bond acceptors (Lipinski definition) is 4. The summed E-state index contributed by atoms with van der Waals surface area (Å²) >= 11 is 0. The molecule has 2 aromatic rings. The number of carbonyl (C=O) groups is 2. The summed E-state index contributed by atoms with van der Waals surface area (Å²) in [6.45, 7) is -0.130. The topological polar surface area (TPSA) is 67.9 Å². The van der Waals surface area contributed by atoms with Gasteiger partial charge in [-0.1, -0.05) is 6.07 Å². The molecular weight excluding hydrogens is 427 g/mol. The van der Waals surface area contributed by atoms with Gasteiger partial charge in [0.1, 0.15) is 17.4 Å². The normalized spacial score (nSPS) is 16.3. The van der Waals surface area contributed by atoms with Gasteiger partial charge >= 0.3 is 6.18 Å². The van der Waals surface area contributed by atoms with E-state index >= 15 is 0 Å². The number of nitrogens with zero attached hydrogens (tertiary/aromatic N) is 1. The summed E-state index contributed by atoms with van der Waals surface area (Å²) in [5.41, 5.74) is -1.19. The molecule has 0 radical (unpaired) electrons. The van der Waals surface area contributed by atoms with Crippen molar-refractivity contribution in [2.75, 3.05) is 25.0 Å². The Balaban J connectivity index is 1.34. The fourth-order valence-corrected chi connectivity index (χ4v) is 3.24. The lowest BCUT2D eigenvalue weighted by Crippen LogP contribution is -2.54. The molecule has 1 N–H and O–H groups in total. The maximum Gasteiger partial charge on any atom is 0.419 e. The smallest absolute Gasteiger partial charge is 0.419 e. The maximum atomic E-state index is 14.3. The lowest BCUT2D eigenvalue weighted by molar-refractivity contribution is -0.140. The number of ether oxygens (including phenoxy) is 2. The minimum atomic E-state index is -4.78. The van der Waals surface area contributed by atoms with Gasteiger partial charge in [-0.3, -0.25) is 9.59 Å². The summed E-state index contributed by atoms with van der Waals surface area (Å²) in [7, 11) is 0. The van der Waals surface area contributed by atoms with E-state index in [4.69, 9.17) is 9.47 Å². The second kappa shape index (κ2) is 7.80. The van der Waals surface area contributed by atoms with E-state index in [9.17, 15) is 31.5 Å². The molecule has 0 unspecified atom stereocenters. The number of nitrogens with one attached hydrogen (secondary N) is 1. The number of likely N-dealkylation sites (tertiary alicyclic amines) is 1. The van der Waals surface area contributed by atoms with Crippen molar-refractivity contribution in [3.05, 3.63) is 58.7 Å². The molecule has 31 heavy (non-hydrogen) atoms. The van der Waals surface area contributed by atoms with E-state index in [0.29, 0.717) is 6.07 Å². The third-order valence-corrected chi connectivity index (χ3v) is 4.89. The van der Waals surface area contributed by atoms with Crippen LogP contribution in [0.3, 0.4) is 0 Å². The number of hydrogen-bond donors (Lipinski definition) is 1. The zero-order valence-electron chi connectivity index (χ0n) is 15.8. The first-order valence-electron chi connectivity index (χ1n) is 9.14. The summed E-state index contributed by atoms with van der Waals surface area (Å²) in [6, 6.07) is 4.74. The van der Waals surface area contributed by atoms with E-state index < -0.39 is 41.3 Å². The Bertz CT molecular complexity index is 1050.